The van der Waals surface area contributed by atoms with Crippen LogP contribution in [0.4, 0.5) is 0 Å². The van der Waals surface area contributed by atoms with Crippen LogP contribution in [-0.4, -0.2) is 44.8 Å². The molecule has 3 heterocycles. The van der Waals surface area contributed by atoms with E-state index in [1.807, 2.05) is 0 Å². The first kappa shape index (κ1) is 16.0. The molecule has 3 aromatic rings. The molecule has 1 aliphatic rings. The van der Waals surface area contributed by atoms with Crippen LogP contribution in [0.25, 0.3) is 0 Å². The van der Waals surface area contributed by atoms with E-state index in [4.69, 9.17) is 14.2 Å². The van der Waals surface area contributed by atoms with Crippen LogP contribution in [0, 0.1) is 0 Å². The lowest BCUT2D eigenvalue weighted by molar-refractivity contribution is 0.0776. The van der Waals surface area contributed by atoms with Crippen molar-refractivity contribution in [2.24, 2.45) is 0 Å². The first-order valence-corrected chi connectivity index (χ1v) is 7.99. The lowest BCUT2D eigenvalue weighted by Crippen LogP contribution is -2.27. The number of rotatable bonds is 6. The standard InChI is InChI=1S/C17H17N5O4/c1-22(8-16-18-4-5-19-16)17(23)13-6-11(20-21-13)9-24-12-2-3-14-15(7-12)26-10-25-14/h2-7H,8-10H2,1H3,(H,18,19)(H,20,21). The number of H-pyrrole nitrogens is 2. The maximum Gasteiger partial charge on any atom is 0.274 e. The van der Waals surface area contributed by atoms with Gasteiger partial charge < -0.3 is 24.1 Å². The van der Waals surface area contributed by atoms with Gasteiger partial charge in [0, 0.05) is 25.5 Å². The van der Waals surface area contributed by atoms with Gasteiger partial charge in [-0.1, -0.05) is 0 Å². The maximum absolute atomic E-state index is 12.4. The predicted molar refractivity (Wildman–Crippen MR) is 89.9 cm³/mol. The molecule has 0 unspecified atom stereocenters. The Bertz CT molecular complexity index is 906. The van der Waals surface area contributed by atoms with Gasteiger partial charge in [-0.25, -0.2) is 4.98 Å². The third-order valence-electron chi connectivity index (χ3n) is 3.88. The second-order valence-electron chi connectivity index (χ2n) is 5.78. The van der Waals surface area contributed by atoms with E-state index in [9.17, 15) is 4.79 Å². The zero-order valence-corrected chi connectivity index (χ0v) is 14.1. The molecule has 134 valence electrons. The van der Waals surface area contributed by atoms with E-state index in [0.717, 1.165) is 0 Å². The number of carbonyl (C=O) groups excluding carboxylic acids is 1. The Labute approximate surface area is 148 Å². The van der Waals surface area contributed by atoms with Crippen molar-refractivity contribution in [1.82, 2.24) is 25.1 Å². The molecular weight excluding hydrogens is 338 g/mol. The highest BCUT2D eigenvalue weighted by atomic mass is 16.7. The van der Waals surface area contributed by atoms with Gasteiger partial charge in [0.25, 0.3) is 5.91 Å². The van der Waals surface area contributed by atoms with Gasteiger partial charge >= 0.3 is 0 Å². The van der Waals surface area contributed by atoms with E-state index in [1.54, 1.807) is 43.7 Å². The molecule has 0 spiro atoms. The van der Waals surface area contributed by atoms with Crippen molar-refractivity contribution in [3.63, 3.8) is 0 Å². The lowest BCUT2D eigenvalue weighted by Gasteiger charge is -2.13. The number of aromatic nitrogens is 4. The van der Waals surface area contributed by atoms with Crippen molar-refractivity contribution in [2.45, 2.75) is 13.2 Å². The zero-order chi connectivity index (χ0) is 17.9. The smallest absolute Gasteiger partial charge is 0.274 e. The SMILES string of the molecule is CN(Cc1ncc[nH]1)C(=O)c1cc(COc2ccc3c(c2)OCO3)[nH]n1. The summed E-state index contributed by atoms with van der Waals surface area (Å²) in [6, 6.07) is 7.03. The van der Waals surface area contributed by atoms with Crippen molar-refractivity contribution < 1.29 is 19.0 Å². The van der Waals surface area contributed by atoms with Crippen LogP contribution < -0.4 is 14.2 Å². The summed E-state index contributed by atoms with van der Waals surface area (Å²) in [5, 5.41) is 6.89. The molecule has 0 atom stereocenters. The summed E-state index contributed by atoms with van der Waals surface area (Å²) in [4.78, 5) is 21.0. The van der Waals surface area contributed by atoms with Gasteiger partial charge in [0.05, 0.1) is 12.2 Å². The highest BCUT2D eigenvalue weighted by Crippen LogP contribution is 2.35. The topological polar surface area (TPSA) is 105 Å². The average Bonchev–Trinajstić information content (AvgIpc) is 3.40. The second-order valence-corrected chi connectivity index (χ2v) is 5.78. The van der Waals surface area contributed by atoms with Crippen molar-refractivity contribution in [1.29, 1.82) is 0 Å². The highest BCUT2D eigenvalue weighted by molar-refractivity contribution is 5.92. The maximum atomic E-state index is 12.4. The first-order chi connectivity index (χ1) is 12.7. The van der Waals surface area contributed by atoms with E-state index in [-0.39, 0.29) is 19.3 Å². The number of benzene rings is 1. The zero-order valence-electron chi connectivity index (χ0n) is 14.1. The molecule has 0 saturated heterocycles. The summed E-state index contributed by atoms with van der Waals surface area (Å²) >= 11 is 0. The summed E-state index contributed by atoms with van der Waals surface area (Å²) in [5.74, 6) is 2.51. The fraction of sp³-hybridized carbons (Fsp3) is 0.235. The Balaban J connectivity index is 1.36. The van der Waals surface area contributed by atoms with Gasteiger partial charge in [-0.3, -0.25) is 9.89 Å². The van der Waals surface area contributed by atoms with Gasteiger partial charge in [0.2, 0.25) is 6.79 Å². The third kappa shape index (κ3) is 3.32. The Hall–Kier alpha value is -3.49. The van der Waals surface area contributed by atoms with Crippen LogP contribution in [-0.2, 0) is 13.2 Å². The number of carbonyl (C=O) groups is 1. The molecule has 9 heteroatoms. The number of nitrogens with one attached hydrogen (secondary N) is 2. The molecule has 1 amide bonds. The molecule has 0 radical (unpaired) electrons. The summed E-state index contributed by atoms with van der Waals surface area (Å²) < 4.78 is 16.3. The fourth-order valence-electron chi connectivity index (χ4n) is 2.55. The van der Waals surface area contributed by atoms with Gasteiger partial charge in [-0.05, 0) is 18.2 Å². The number of nitrogens with zero attached hydrogens (tertiary/aromatic N) is 3. The van der Waals surface area contributed by atoms with Gasteiger partial charge in [-0.2, -0.15) is 5.10 Å². The fourth-order valence-corrected chi connectivity index (χ4v) is 2.55. The normalized spacial score (nSPS) is 12.2. The number of amides is 1. The number of ether oxygens (including phenoxy) is 3. The predicted octanol–water partition coefficient (Wildman–Crippen LogP) is 1.71. The van der Waals surface area contributed by atoms with Crippen molar-refractivity contribution in [2.75, 3.05) is 13.8 Å². The Morgan fingerprint density at radius 3 is 3.04 bits per heavy atom. The van der Waals surface area contributed by atoms with E-state index in [2.05, 4.69) is 20.2 Å². The van der Waals surface area contributed by atoms with Crippen molar-refractivity contribution in [3.8, 4) is 17.2 Å². The summed E-state index contributed by atoms with van der Waals surface area (Å²) in [6.45, 7) is 0.847. The van der Waals surface area contributed by atoms with Gasteiger partial charge in [-0.15, -0.1) is 0 Å². The van der Waals surface area contributed by atoms with E-state index < -0.39 is 0 Å². The summed E-state index contributed by atoms with van der Waals surface area (Å²) in [5.41, 5.74) is 1.01. The number of hydrogen-bond acceptors (Lipinski definition) is 6. The monoisotopic (exact) mass is 355 g/mol. The second kappa shape index (κ2) is 6.79. The lowest BCUT2D eigenvalue weighted by atomic mass is 10.3. The molecule has 1 aromatic carbocycles. The first-order valence-electron chi connectivity index (χ1n) is 7.99. The van der Waals surface area contributed by atoms with Crippen LogP contribution in [0.15, 0.2) is 36.7 Å². The van der Waals surface area contributed by atoms with E-state index in [0.29, 0.717) is 41.0 Å². The Kier molecular flexibility index (Phi) is 4.18. The Morgan fingerprint density at radius 2 is 2.19 bits per heavy atom. The van der Waals surface area contributed by atoms with Crippen LogP contribution >= 0.6 is 0 Å². The molecule has 2 N–H and O–H groups in total. The Morgan fingerprint density at radius 1 is 1.31 bits per heavy atom. The number of fused-ring (bicyclic) bond motifs is 1. The third-order valence-corrected chi connectivity index (χ3v) is 3.88. The number of aromatic amines is 2. The molecule has 1 aliphatic heterocycles. The molecule has 9 nitrogen and oxygen atoms in total. The molecule has 0 aliphatic carbocycles. The molecular formula is C17H17N5O4. The van der Waals surface area contributed by atoms with Crippen LogP contribution in [0.1, 0.15) is 22.0 Å². The molecule has 0 bridgehead atoms. The average molecular weight is 355 g/mol. The highest BCUT2D eigenvalue weighted by Gasteiger charge is 2.17. The molecule has 0 saturated carbocycles. The summed E-state index contributed by atoms with van der Waals surface area (Å²) in [7, 11) is 1.70. The minimum Gasteiger partial charge on any atom is -0.487 e. The number of hydrogen-bond donors (Lipinski definition) is 2. The summed E-state index contributed by atoms with van der Waals surface area (Å²) in [6.07, 6.45) is 3.36. The van der Waals surface area contributed by atoms with E-state index in [1.165, 1.54) is 4.90 Å². The van der Waals surface area contributed by atoms with Gasteiger partial charge in [0.15, 0.2) is 17.2 Å². The van der Waals surface area contributed by atoms with Crippen LogP contribution in [0.3, 0.4) is 0 Å². The van der Waals surface area contributed by atoms with E-state index >= 15 is 0 Å². The minimum atomic E-state index is -0.202. The van der Waals surface area contributed by atoms with Crippen molar-refractivity contribution in [3.05, 3.63) is 53.9 Å². The molecule has 2 aromatic heterocycles. The van der Waals surface area contributed by atoms with Crippen LogP contribution in [0.5, 0.6) is 17.2 Å². The quantitative estimate of drug-likeness (QED) is 0.697. The minimum absolute atomic E-state index is 0.202. The molecule has 26 heavy (non-hydrogen) atoms. The largest absolute Gasteiger partial charge is 0.487 e. The van der Waals surface area contributed by atoms with Crippen molar-refractivity contribution >= 4 is 5.91 Å². The van der Waals surface area contributed by atoms with Crippen LogP contribution in [0.2, 0.25) is 0 Å². The molecule has 4 rings (SSSR count). The molecule has 0 fully saturated rings. The van der Waals surface area contributed by atoms with Gasteiger partial charge in [0.1, 0.15) is 18.2 Å². The number of imidazole rings is 1.